The van der Waals surface area contributed by atoms with Gasteiger partial charge in [-0.15, -0.1) is 0 Å². The molecule has 1 unspecified atom stereocenters. The zero-order valence-electron chi connectivity index (χ0n) is 10.1. The summed E-state index contributed by atoms with van der Waals surface area (Å²) in [4.78, 5) is 24.6. The molecule has 0 saturated carbocycles. The highest BCUT2D eigenvalue weighted by Gasteiger charge is 2.41. The van der Waals surface area contributed by atoms with Crippen molar-refractivity contribution in [2.24, 2.45) is 11.1 Å². The third kappa shape index (κ3) is 2.52. The summed E-state index contributed by atoms with van der Waals surface area (Å²) in [5.41, 5.74) is 3.97. The fourth-order valence-electron chi connectivity index (χ4n) is 1.99. The second-order valence-electron chi connectivity index (χ2n) is 5.42. The molecule has 0 aromatic rings. The average molecular weight is 228 g/mol. The summed E-state index contributed by atoms with van der Waals surface area (Å²) < 4.78 is 0. The smallest absolute Gasteiger partial charge is 0.311 e. The minimum absolute atomic E-state index is 0.181. The minimum Gasteiger partial charge on any atom is -0.481 e. The van der Waals surface area contributed by atoms with Crippen molar-refractivity contribution in [2.45, 2.75) is 39.2 Å². The van der Waals surface area contributed by atoms with Gasteiger partial charge in [0.2, 0.25) is 5.91 Å². The first-order valence-corrected chi connectivity index (χ1v) is 5.48. The van der Waals surface area contributed by atoms with Crippen LogP contribution in [0.25, 0.3) is 0 Å². The number of amides is 1. The highest BCUT2D eigenvalue weighted by atomic mass is 16.4. The standard InChI is InChI=1S/C11H20N2O3/c1-10(2,12)8(14)13-6-4-5-11(3,7-13)9(15)16/h4-7,12H2,1-3H3,(H,15,16). The predicted molar refractivity (Wildman–Crippen MR) is 59.8 cm³/mol. The number of hydrogen-bond acceptors (Lipinski definition) is 3. The van der Waals surface area contributed by atoms with Gasteiger partial charge in [-0.3, -0.25) is 9.59 Å². The summed E-state index contributed by atoms with van der Waals surface area (Å²) >= 11 is 0. The van der Waals surface area contributed by atoms with E-state index in [1.807, 2.05) is 0 Å². The maximum Gasteiger partial charge on any atom is 0.311 e. The molecular weight excluding hydrogens is 208 g/mol. The van der Waals surface area contributed by atoms with Gasteiger partial charge in [0.1, 0.15) is 0 Å². The van der Waals surface area contributed by atoms with Crippen molar-refractivity contribution in [3.8, 4) is 0 Å². The second kappa shape index (κ2) is 4.05. The van der Waals surface area contributed by atoms with Crippen molar-refractivity contribution < 1.29 is 14.7 Å². The largest absolute Gasteiger partial charge is 0.481 e. The summed E-state index contributed by atoms with van der Waals surface area (Å²) in [5, 5.41) is 9.13. The van der Waals surface area contributed by atoms with Crippen LogP contribution in [0.4, 0.5) is 0 Å². The van der Waals surface area contributed by atoms with Crippen LogP contribution in [0, 0.1) is 5.41 Å². The third-order valence-electron chi connectivity index (χ3n) is 3.05. The van der Waals surface area contributed by atoms with Crippen molar-refractivity contribution in [1.29, 1.82) is 0 Å². The SMILES string of the molecule is CC(C)(N)C(=O)N1CCCC(C)(C(=O)O)C1. The lowest BCUT2D eigenvalue weighted by molar-refractivity contribution is -0.154. The van der Waals surface area contributed by atoms with Gasteiger partial charge in [0.25, 0.3) is 0 Å². The predicted octanol–water partition coefficient (Wildman–Crippen LogP) is 0.437. The van der Waals surface area contributed by atoms with Crippen molar-refractivity contribution in [3.05, 3.63) is 0 Å². The molecule has 1 fully saturated rings. The molecule has 1 saturated heterocycles. The number of piperidine rings is 1. The molecule has 0 aliphatic carbocycles. The molecule has 1 aliphatic rings. The molecule has 1 atom stereocenters. The zero-order chi connectivity index (χ0) is 12.6. The number of carbonyl (C=O) groups is 2. The molecular formula is C11H20N2O3. The summed E-state index contributed by atoms with van der Waals surface area (Å²) in [6.07, 6.45) is 1.32. The lowest BCUT2D eigenvalue weighted by atomic mass is 9.81. The van der Waals surface area contributed by atoms with Gasteiger partial charge in [0.05, 0.1) is 11.0 Å². The number of likely N-dealkylation sites (tertiary alicyclic amines) is 1. The number of carboxylic acids is 1. The Hall–Kier alpha value is -1.10. The minimum atomic E-state index is -0.934. The van der Waals surface area contributed by atoms with Crippen LogP contribution in [-0.4, -0.2) is 40.5 Å². The van der Waals surface area contributed by atoms with E-state index >= 15 is 0 Å². The Kier molecular flexibility index (Phi) is 3.28. The van der Waals surface area contributed by atoms with E-state index in [0.29, 0.717) is 19.4 Å². The number of hydrogen-bond donors (Lipinski definition) is 2. The maximum atomic E-state index is 11.9. The molecule has 0 aromatic heterocycles. The van der Waals surface area contributed by atoms with E-state index in [1.54, 1.807) is 25.7 Å². The maximum absolute atomic E-state index is 11.9. The Labute approximate surface area is 95.6 Å². The first-order valence-electron chi connectivity index (χ1n) is 5.48. The molecule has 0 spiro atoms. The first kappa shape index (κ1) is 13.0. The Bertz CT molecular complexity index is 309. The Morgan fingerprint density at radius 1 is 1.44 bits per heavy atom. The van der Waals surface area contributed by atoms with Crippen molar-refractivity contribution in [1.82, 2.24) is 4.90 Å². The van der Waals surface area contributed by atoms with Gasteiger partial charge >= 0.3 is 5.97 Å². The van der Waals surface area contributed by atoms with Gasteiger partial charge in [-0.1, -0.05) is 0 Å². The lowest BCUT2D eigenvalue weighted by Gasteiger charge is -2.39. The van der Waals surface area contributed by atoms with Crippen LogP contribution in [0.3, 0.4) is 0 Å². The van der Waals surface area contributed by atoms with E-state index in [9.17, 15) is 9.59 Å². The van der Waals surface area contributed by atoms with E-state index < -0.39 is 16.9 Å². The van der Waals surface area contributed by atoms with Gasteiger partial charge < -0.3 is 15.7 Å². The van der Waals surface area contributed by atoms with Crippen molar-refractivity contribution in [3.63, 3.8) is 0 Å². The number of nitrogens with two attached hydrogens (primary N) is 1. The van der Waals surface area contributed by atoms with Gasteiger partial charge in [-0.05, 0) is 33.6 Å². The Morgan fingerprint density at radius 2 is 2.00 bits per heavy atom. The first-order chi connectivity index (χ1) is 7.17. The molecule has 0 bridgehead atoms. The number of carbonyl (C=O) groups excluding carboxylic acids is 1. The molecule has 5 heteroatoms. The molecule has 1 aliphatic heterocycles. The molecule has 1 rings (SSSR count). The summed E-state index contributed by atoms with van der Waals surface area (Å²) in [6.45, 7) is 5.81. The van der Waals surface area contributed by atoms with Crippen molar-refractivity contribution >= 4 is 11.9 Å². The molecule has 3 N–H and O–H groups in total. The third-order valence-corrected chi connectivity index (χ3v) is 3.05. The van der Waals surface area contributed by atoms with Crippen LogP contribution in [0.2, 0.25) is 0 Å². The number of nitrogens with zero attached hydrogens (tertiary/aromatic N) is 1. The molecule has 16 heavy (non-hydrogen) atoms. The van der Waals surface area contributed by atoms with E-state index in [2.05, 4.69) is 0 Å². The topological polar surface area (TPSA) is 83.6 Å². The number of rotatable bonds is 2. The van der Waals surface area contributed by atoms with Gasteiger partial charge in [-0.25, -0.2) is 0 Å². The summed E-state index contributed by atoms with van der Waals surface area (Å²) in [5.74, 6) is -1.03. The van der Waals surface area contributed by atoms with E-state index in [-0.39, 0.29) is 12.5 Å². The molecule has 1 amide bonds. The highest BCUT2D eigenvalue weighted by molar-refractivity contribution is 5.86. The van der Waals surface area contributed by atoms with E-state index in [1.165, 1.54) is 0 Å². The normalized spacial score (nSPS) is 26.6. The molecule has 0 aromatic carbocycles. The molecule has 0 radical (unpaired) electrons. The Morgan fingerprint density at radius 3 is 2.44 bits per heavy atom. The second-order valence-corrected chi connectivity index (χ2v) is 5.42. The summed E-state index contributed by atoms with van der Waals surface area (Å²) in [6, 6.07) is 0. The molecule has 5 nitrogen and oxygen atoms in total. The number of aliphatic carboxylic acids is 1. The van der Waals surface area contributed by atoms with Gasteiger partial charge in [-0.2, -0.15) is 0 Å². The van der Waals surface area contributed by atoms with E-state index in [0.717, 1.165) is 0 Å². The van der Waals surface area contributed by atoms with Crippen LogP contribution >= 0.6 is 0 Å². The average Bonchev–Trinajstić information content (AvgIpc) is 2.15. The van der Waals surface area contributed by atoms with E-state index in [4.69, 9.17) is 10.8 Å². The van der Waals surface area contributed by atoms with Gasteiger partial charge in [0, 0.05) is 13.1 Å². The quantitative estimate of drug-likeness (QED) is 0.718. The fraction of sp³-hybridized carbons (Fsp3) is 0.818. The zero-order valence-corrected chi connectivity index (χ0v) is 10.1. The number of carboxylic acid groups (broad SMARTS) is 1. The Balaban J connectivity index is 2.79. The summed E-state index contributed by atoms with van der Waals surface area (Å²) in [7, 11) is 0. The van der Waals surface area contributed by atoms with Crippen molar-refractivity contribution in [2.75, 3.05) is 13.1 Å². The van der Waals surface area contributed by atoms with Crippen LogP contribution in [0.5, 0.6) is 0 Å². The fourth-order valence-corrected chi connectivity index (χ4v) is 1.99. The lowest BCUT2D eigenvalue weighted by Crippen LogP contribution is -2.56. The molecule has 92 valence electrons. The van der Waals surface area contributed by atoms with Crippen LogP contribution in [-0.2, 0) is 9.59 Å². The van der Waals surface area contributed by atoms with Crippen LogP contribution < -0.4 is 5.73 Å². The van der Waals surface area contributed by atoms with Gasteiger partial charge in [0.15, 0.2) is 0 Å². The van der Waals surface area contributed by atoms with Crippen LogP contribution in [0.1, 0.15) is 33.6 Å². The molecule has 1 heterocycles. The van der Waals surface area contributed by atoms with Crippen LogP contribution in [0.15, 0.2) is 0 Å². The highest BCUT2D eigenvalue weighted by Crippen LogP contribution is 2.30. The monoisotopic (exact) mass is 228 g/mol.